The van der Waals surface area contributed by atoms with Crippen molar-refractivity contribution in [3.8, 4) is 0 Å². The first-order valence-corrected chi connectivity index (χ1v) is 11.4. The molecule has 0 radical (unpaired) electrons. The number of hydrogen-bond donors (Lipinski definition) is 1. The lowest BCUT2D eigenvalue weighted by Crippen LogP contribution is -2.33. The number of aliphatic carboxylic acids is 1. The molecular formula is C21H22N4O4S2. The van der Waals surface area contributed by atoms with Gasteiger partial charge in [-0.15, -0.1) is 0 Å². The monoisotopic (exact) mass is 458 g/mol. The van der Waals surface area contributed by atoms with Crippen LogP contribution < -0.4 is 10.5 Å². The smallest absolute Gasteiger partial charge is 0.303 e. The summed E-state index contributed by atoms with van der Waals surface area (Å²) >= 11 is 6.46. The number of carboxylic acid groups (broad SMARTS) is 1. The van der Waals surface area contributed by atoms with E-state index < -0.39 is 5.97 Å². The molecule has 10 heteroatoms. The maximum atomic E-state index is 13.3. The van der Waals surface area contributed by atoms with Gasteiger partial charge in [-0.3, -0.25) is 23.7 Å². The fourth-order valence-corrected chi connectivity index (χ4v) is 5.07. The fraction of sp³-hybridized carbons (Fsp3) is 0.381. The third kappa shape index (κ3) is 4.49. The molecule has 2 aliphatic rings. The van der Waals surface area contributed by atoms with E-state index >= 15 is 0 Å². The summed E-state index contributed by atoms with van der Waals surface area (Å²) in [5.41, 5.74) is 0.699. The number of pyridine rings is 1. The van der Waals surface area contributed by atoms with Gasteiger partial charge in [-0.05, 0) is 43.9 Å². The van der Waals surface area contributed by atoms with Crippen LogP contribution in [0.15, 0.2) is 34.1 Å². The van der Waals surface area contributed by atoms with Gasteiger partial charge in [0.25, 0.3) is 11.5 Å². The zero-order valence-electron chi connectivity index (χ0n) is 16.8. The van der Waals surface area contributed by atoms with Crippen LogP contribution in [0.1, 0.15) is 37.7 Å². The molecule has 1 N–H and O–H groups in total. The zero-order valence-corrected chi connectivity index (χ0v) is 18.5. The molecule has 0 aromatic carbocycles. The Morgan fingerprint density at radius 3 is 2.74 bits per heavy atom. The number of hydrogen-bond acceptors (Lipinski definition) is 7. The van der Waals surface area contributed by atoms with Crippen molar-refractivity contribution in [2.75, 3.05) is 24.5 Å². The Morgan fingerprint density at radius 1 is 1.23 bits per heavy atom. The van der Waals surface area contributed by atoms with Gasteiger partial charge in [0.15, 0.2) is 0 Å². The summed E-state index contributed by atoms with van der Waals surface area (Å²) < 4.78 is 1.85. The number of rotatable bonds is 6. The molecule has 31 heavy (non-hydrogen) atoms. The Morgan fingerprint density at radius 2 is 2.00 bits per heavy atom. The second-order valence-corrected chi connectivity index (χ2v) is 9.14. The first kappa shape index (κ1) is 21.5. The van der Waals surface area contributed by atoms with E-state index in [0.29, 0.717) is 32.7 Å². The van der Waals surface area contributed by atoms with Gasteiger partial charge < -0.3 is 10.0 Å². The molecule has 0 bridgehead atoms. The Hall–Kier alpha value is -2.72. The van der Waals surface area contributed by atoms with Crippen molar-refractivity contribution in [1.29, 1.82) is 0 Å². The number of piperidine rings is 1. The van der Waals surface area contributed by atoms with E-state index in [4.69, 9.17) is 22.3 Å². The molecule has 2 aromatic heterocycles. The van der Waals surface area contributed by atoms with Crippen molar-refractivity contribution in [2.45, 2.75) is 32.1 Å². The minimum absolute atomic E-state index is 0.0365. The fourth-order valence-electron chi connectivity index (χ4n) is 3.78. The van der Waals surface area contributed by atoms with Gasteiger partial charge in [0.1, 0.15) is 15.8 Å². The predicted molar refractivity (Wildman–Crippen MR) is 124 cm³/mol. The summed E-state index contributed by atoms with van der Waals surface area (Å²) in [4.78, 5) is 45.6. The summed E-state index contributed by atoms with van der Waals surface area (Å²) in [5.74, 6) is -0.628. The van der Waals surface area contributed by atoms with Gasteiger partial charge in [0.2, 0.25) is 0 Å². The average molecular weight is 459 g/mol. The van der Waals surface area contributed by atoms with Crippen molar-refractivity contribution >= 4 is 57.7 Å². The van der Waals surface area contributed by atoms with Crippen LogP contribution in [0.4, 0.5) is 5.82 Å². The standard InChI is InChI=1S/C21H22N4O4S2/c26-17(27)8-6-12-25-20(29)15(31-21(25)30)13-14-18(23-9-3-1-4-10-23)22-16-7-2-5-11-24(16)19(14)28/h2,5,7,11,13H,1,3-4,6,8-10,12H2,(H,26,27)/b15-13+. The van der Waals surface area contributed by atoms with Crippen LogP contribution in [0.3, 0.4) is 0 Å². The summed E-state index contributed by atoms with van der Waals surface area (Å²) in [5, 5.41) is 8.84. The Balaban J connectivity index is 1.73. The minimum atomic E-state index is -0.914. The van der Waals surface area contributed by atoms with Crippen LogP contribution in [0.5, 0.6) is 0 Å². The first-order valence-electron chi connectivity index (χ1n) is 10.2. The zero-order chi connectivity index (χ0) is 22.0. The third-order valence-electron chi connectivity index (χ3n) is 5.33. The normalized spacial score (nSPS) is 18.4. The minimum Gasteiger partial charge on any atom is -0.481 e. The number of carbonyl (C=O) groups excluding carboxylic acids is 1. The summed E-state index contributed by atoms with van der Waals surface area (Å²) in [6.45, 7) is 1.86. The number of aromatic nitrogens is 2. The van der Waals surface area contributed by atoms with E-state index in [9.17, 15) is 14.4 Å². The van der Waals surface area contributed by atoms with E-state index in [1.807, 2.05) is 6.07 Å². The largest absolute Gasteiger partial charge is 0.481 e. The molecule has 162 valence electrons. The van der Waals surface area contributed by atoms with Gasteiger partial charge in [-0.2, -0.15) is 0 Å². The van der Waals surface area contributed by atoms with Crippen LogP contribution in [0.2, 0.25) is 0 Å². The van der Waals surface area contributed by atoms with Crippen molar-refractivity contribution in [1.82, 2.24) is 14.3 Å². The molecule has 2 aliphatic heterocycles. The highest BCUT2D eigenvalue weighted by Crippen LogP contribution is 2.34. The maximum Gasteiger partial charge on any atom is 0.303 e. The van der Waals surface area contributed by atoms with Crippen LogP contribution in [0.25, 0.3) is 11.7 Å². The van der Waals surface area contributed by atoms with E-state index in [1.54, 1.807) is 24.4 Å². The predicted octanol–water partition coefficient (Wildman–Crippen LogP) is 2.75. The number of thioether (sulfide) groups is 1. The molecule has 2 fully saturated rings. The second kappa shape index (κ2) is 9.19. The van der Waals surface area contributed by atoms with E-state index in [0.717, 1.165) is 44.1 Å². The summed E-state index contributed by atoms with van der Waals surface area (Å²) in [7, 11) is 0. The van der Waals surface area contributed by atoms with Gasteiger partial charge in [0, 0.05) is 32.3 Å². The van der Waals surface area contributed by atoms with Crippen molar-refractivity contribution in [3.63, 3.8) is 0 Å². The molecule has 2 aromatic rings. The van der Waals surface area contributed by atoms with Gasteiger partial charge in [0.05, 0.1) is 10.5 Å². The quantitative estimate of drug-likeness (QED) is 0.522. The Bertz CT molecular complexity index is 1140. The number of carboxylic acids is 1. The topological polar surface area (TPSA) is 95.2 Å². The number of carbonyl (C=O) groups is 2. The van der Waals surface area contributed by atoms with Crippen molar-refractivity contribution in [2.24, 2.45) is 0 Å². The number of anilines is 1. The van der Waals surface area contributed by atoms with Crippen molar-refractivity contribution < 1.29 is 14.7 Å². The molecule has 0 aliphatic carbocycles. The summed E-state index contributed by atoms with van der Waals surface area (Å²) in [6.07, 6.45) is 6.74. The van der Waals surface area contributed by atoms with Crippen LogP contribution in [0, 0.1) is 0 Å². The lowest BCUT2D eigenvalue weighted by atomic mass is 10.1. The van der Waals surface area contributed by atoms with Crippen molar-refractivity contribution in [3.05, 3.63) is 45.2 Å². The van der Waals surface area contributed by atoms with E-state index in [2.05, 4.69) is 4.90 Å². The Kier molecular flexibility index (Phi) is 6.38. The summed E-state index contributed by atoms with van der Waals surface area (Å²) in [6, 6.07) is 5.40. The molecule has 0 unspecified atom stereocenters. The molecule has 4 rings (SSSR count). The SMILES string of the molecule is O=C(O)CCCN1C(=O)/C(=C\c2c(N3CCCCC3)nc3ccccn3c2=O)SC1=S. The first-order chi connectivity index (χ1) is 15.0. The van der Waals surface area contributed by atoms with E-state index in [1.165, 1.54) is 9.30 Å². The highest BCUT2D eigenvalue weighted by atomic mass is 32.2. The molecule has 0 atom stereocenters. The van der Waals surface area contributed by atoms with E-state index in [-0.39, 0.29) is 24.4 Å². The molecular weight excluding hydrogens is 436 g/mol. The maximum absolute atomic E-state index is 13.3. The lowest BCUT2D eigenvalue weighted by Gasteiger charge is -2.29. The number of fused-ring (bicyclic) bond motifs is 1. The highest BCUT2D eigenvalue weighted by molar-refractivity contribution is 8.26. The van der Waals surface area contributed by atoms with Gasteiger partial charge >= 0.3 is 5.97 Å². The Labute approximate surface area is 188 Å². The number of thiocarbonyl (C=S) groups is 1. The third-order valence-corrected chi connectivity index (χ3v) is 6.70. The molecule has 1 amide bonds. The lowest BCUT2D eigenvalue weighted by molar-refractivity contribution is -0.137. The molecule has 2 saturated heterocycles. The van der Waals surface area contributed by atoms with Crippen LogP contribution >= 0.6 is 24.0 Å². The van der Waals surface area contributed by atoms with Gasteiger partial charge in [-0.25, -0.2) is 4.98 Å². The van der Waals surface area contributed by atoms with Crippen LogP contribution in [-0.4, -0.2) is 55.2 Å². The highest BCUT2D eigenvalue weighted by Gasteiger charge is 2.32. The molecule has 8 nitrogen and oxygen atoms in total. The molecule has 0 saturated carbocycles. The van der Waals surface area contributed by atoms with Crippen LogP contribution in [-0.2, 0) is 9.59 Å². The average Bonchev–Trinajstić information content (AvgIpc) is 3.03. The number of amides is 1. The molecule has 0 spiro atoms. The molecule has 4 heterocycles. The second-order valence-electron chi connectivity index (χ2n) is 7.46. The van der Waals surface area contributed by atoms with Gasteiger partial charge in [-0.1, -0.05) is 30.0 Å². The number of nitrogens with zero attached hydrogens (tertiary/aromatic N) is 4.